The highest BCUT2D eigenvalue weighted by atomic mass is 32.1. The van der Waals surface area contributed by atoms with Gasteiger partial charge in [0.2, 0.25) is 0 Å². The van der Waals surface area contributed by atoms with Crippen LogP contribution in [0.15, 0.2) is 63.9 Å². The van der Waals surface area contributed by atoms with Crippen LogP contribution in [0.3, 0.4) is 0 Å². The number of benzene rings is 2. The molecule has 6 aromatic rings. The minimum Gasteiger partial charge on any atom is -0.496 e. The van der Waals surface area contributed by atoms with E-state index in [1.54, 1.807) is 31.5 Å². The molecule has 2 unspecified atom stereocenters. The number of pyridine rings is 2. The van der Waals surface area contributed by atoms with Gasteiger partial charge in [-0.3, -0.25) is 9.78 Å². The first-order chi connectivity index (χ1) is 24.4. The summed E-state index contributed by atoms with van der Waals surface area (Å²) in [7, 11) is 1.55. The van der Waals surface area contributed by atoms with Crippen LogP contribution in [0.2, 0.25) is 0 Å². The predicted octanol–water partition coefficient (Wildman–Crippen LogP) is 7.16. The van der Waals surface area contributed by atoms with Crippen LogP contribution >= 0.6 is 11.3 Å². The predicted molar refractivity (Wildman–Crippen MR) is 183 cm³/mol. The Hall–Kier alpha value is -5.43. The van der Waals surface area contributed by atoms with Crippen LogP contribution in [0.5, 0.6) is 5.75 Å². The number of nitrogens with zero attached hydrogens (tertiary/aromatic N) is 4. The number of anilines is 1. The average Bonchev–Trinajstić information content (AvgIpc) is 3.95. The topological polar surface area (TPSA) is 126 Å². The van der Waals surface area contributed by atoms with Gasteiger partial charge >= 0.3 is 5.76 Å². The molecule has 1 amide bonds. The van der Waals surface area contributed by atoms with Gasteiger partial charge in [0.25, 0.3) is 11.8 Å². The normalized spacial score (nSPS) is 17.7. The number of aryl methyl sites for hydroxylation is 2. The van der Waals surface area contributed by atoms with Crippen LogP contribution in [0.1, 0.15) is 69.8 Å². The fourth-order valence-electron chi connectivity index (χ4n) is 7.80. The Bertz CT molecular complexity index is 2390. The monoisotopic (exact) mass is 692 g/mol. The summed E-state index contributed by atoms with van der Waals surface area (Å²) in [5, 5.41) is 11.1. The molecule has 0 saturated carbocycles. The third-order valence-corrected chi connectivity index (χ3v) is 11.2. The third kappa shape index (κ3) is 4.98. The Morgan fingerprint density at radius 3 is 2.70 bits per heavy atom. The Morgan fingerprint density at radius 1 is 1.04 bits per heavy atom. The van der Waals surface area contributed by atoms with Crippen molar-refractivity contribution in [2.45, 2.75) is 50.6 Å². The largest absolute Gasteiger partial charge is 0.496 e. The summed E-state index contributed by atoms with van der Waals surface area (Å²) in [4.78, 5) is 39.0. The molecule has 9 rings (SSSR count). The Balaban J connectivity index is 1.20. The quantitative estimate of drug-likeness (QED) is 0.172. The van der Waals surface area contributed by atoms with Crippen LogP contribution in [0, 0.1) is 11.6 Å². The summed E-state index contributed by atoms with van der Waals surface area (Å²) >= 11 is 1.47. The van der Waals surface area contributed by atoms with Crippen molar-refractivity contribution in [3.63, 3.8) is 0 Å². The second kappa shape index (κ2) is 11.9. The smallest absolute Gasteiger partial charge is 0.434 e. The molecule has 2 aromatic carbocycles. The van der Waals surface area contributed by atoms with E-state index in [2.05, 4.69) is 15.5 Å². The lowest BCUT2D eigenvalue weighted by molar-refractivity contribution is 0.0776. The van der Waals surface area contributed by atoms with E-state index in [1.807, 2.05) is 17.0 Å². The number of thiophene rings is 1. The molecule has 2 aliphatic heterocycles. The fourth-order valence-corrected chi connectivity index (χ4v) is 8.97. The highest BCUT2D eigenvalue weighted by Gasteiger charge is 2.45. The molecule has 1 fully saturated rings. The molecular formula is C37H30F2N6O4S. The first-order valence-corrected chi connectivity index (χ1v) is 17.4. The zero-order valence-corrected chi connectivity index (χ0v) is 27.7. The van der Waals surface area contributed by atoms with Gasteiger partial charge in [-0.1, -0.05) is 12.1 Å². The lowest BCUT2D eigenvalue weighted by Gasteiger charge is -2.16. The number of ether oxygens (including phenoxy) is 1. The van der Waals surface area contributed by atoms with E-state index < -0.39 is 5.76 Å². The van der Waals surface area contributed by atoms with Gasteiger partial charge in [0.1, 0.15) is 23.2 Å². The Labute approximate surface area is 288 Å². The van der Waals surface area contributed by atoms with E-state index in [1.165, 1.54) is 29.5 Å². The van der Waals surface area contributed by atoms with Crippen molar-refractivity contribution >= 4 is 33.1 Å². The average molecular weight is 693 g/mol. The third-order valence-electron chi connectivity index (χ3n) is 10.0. The minimum absolute atomic E-state index is 0.0433. The molecular weight excluding hydrogens is 663 g/mol. The first-order valence-electron chi connectivity index (χ1n) is 16.6. The summed E-state index contributed by atoms with van der Waals surface area (Å²) in [6.45, 7) is 0.635. The Kier molecular flexibility index (Phi) is 7.27. The molecule has 4 aromatic heterocycles. The van der Waals surface area contributed by atoms with E-state index in [9.17, 15) is 18.4 Å². The van der Waals surface area contributed by atoms with Crippen molar-refractivity contribution in [1.82, 2.24) is 25.1 Å². The van der Waals surface area contributed by atoms with Crippen molar-refractivity contribution in [1.29, 1.82) is 0 Å². The summed E-state index contributed by atoms with van der Waals surface area (Å²) in [6.07, 6.45) is 5.87. The van der Waals surface area contributed by atoms with Crippen molar-refractivity contribution in [3.8, 4) is 27.6 Å². The molecule has 6 heterocycles. The SMILES string of the molecule is COc1cc(F)cc2c1CCC2Nc1nccc2cc(-c3c4c(nc(CCc5ccc(F)cc5)c3-c3n[nH]c(=O)o3)C3CCCN3C4=O)sc12. The summed E-state index contributed by atoms with van der Waals surface area (Å²) in [6, 6.07) is 12.9. The van der Waals surface area contributed by atoms with Gasteiger partial charge in [0.05, 0.1) is 46.4 Å². The second-order valence-electron chi connectivity index (χ2n) is 12.9. The zero-order chi connectivity index (χ0) is 34.1. The first kappa shape index (κ1) is 30.6. The van der Waals surface area contributed by atoms with Crippen LogP contribution in [-0.2, 0) is 19.3 Å². The van der Waals surface area contributed by atoms with Gasteiger partial charge in [-0.25, -0.2) is 23.7 Å². The van der Waals surface area contributed by atoms with E-state index >= 15 is 0 Å². The number of amides is 1. The number of carbonyl (C=O) groups is 1. The number of hydrogen-bond donors (Lipinski definition) is 2. The molecule has 1 aliphatic carbocycles. The fraction of sp³-hybridized carbons (Fsp3) is 0.270. The standard InChI is InChI=1S/C37H30F2N6O4S/c1-48-27-17-21(39)16-23-22(27)9-11-24(23)42-34-33-19(12-13-40-34)15-28(50-33)30-29(35-43-44-37(47)49-35)25(10-6-18-4-7-20(38)8-5-18)41-32-26-3-2-14-45(26)36(46)31(30)32/h4-5,7-8,12-13,15-17,24,26H,2-3,6,9-11,14H2,1H3,(H,40,42)(H,44,47). The number of rotatable bonds is 8. The van der Waals surface area contributed by atoms with Crippen LogP contribution in [-0.4, -0.2) is 44.6 Å². The van der Waals surface area contributed by atoms with E-state index in [0.717, 1.165) is 57.3 Å². The molecule has 0 bridgehead atoms. The maximum atomic E-state index is 14.6. The number of carbonyl (C=O) groups excluding carboxylic acids is 1. The minimum atomic E-state index is -0.722. The number of halogens is 2. The molecule has 3 aliphatic rings. The number of hydrogen-bond acceptors (Lipinski definition) is 9. The van der Waals surface area contributed by atoms with Crippen molar-refractivity contribution in [2.24, 2.45) is 0 Å². The highest BCUT2D eigenvalue weighted by molar-refractivity contribution is 7.23. The molecule has 2 N–H and O–H groups in total. The molecule has 252 valence electrons. The summed E-state index contributed by atoms with van der Waals surface area (Å²) in [5.41, 5.74) is 5.66. The van der Waals surface area contributed by atoms with Crippen molar-refractivity contribution < 1.29 is 22.7 Å². The van der Waals surface area contributed by atoms with Gasteiger partial charge in [-0.15, -0.1) is 16.4 Å². The highest BCUT2D eigenvalue weighted by Crippen LogP contribution is 2.50. The number of methoxy groups -OCH3 is 1. The van der Waals surface area contributed by atoms with E-state index in [-0.39, 0.29) is 35.5 Å². The van der Waals surface area contributed by atoms with E-state index in [4.69, 9.17) is 19.1 Å². The molecule has 2 atom stereocenters. The zero-order valence-electron chi connectivity index (χ0n) is 26.9. The van der Waals surface area contributed by atoms with Crippen LogP contribution in [0.25, 0.3) is 32.0 Å². The van der Waals surface area contributed by atoms with Crippen LogP contribution < -0.4 is 15.8 Å². The maximum absolute atomic E-state index is 14.6. The van der Waals surface area contributed by atoms with Crippen LogP contribution in [0.4, 0.5) is 14.6 Å². The van der Waals surface area contributed by atoms with Gasteiger partial charge < -0.3 is 19.4 Å². The molecule has 1 saturated heterocycles. The lowest BCUT2D eigenvalue weighted by atomic mass is 9.93. The lowest BCUT2D eigenvalue weighted by Crippen LogP contribution is -2.22. The molecule has 0 radical (unpaired) electrons. The van der Waals surface area contributed by atoms with Crippen molar-refractivity contribution in [2.75, 3.05) is 19.0 Å². The molecule has 13 heteroatoms. The second-order valence-corrected chi connectivity index (χ2v) is 13.9. The van der Waals surface area contributed by atoms with Gasteiger partial charge in [-0.05, 0) is 90.9 Å². The number of H-pyrrole nitrogens is 1. The molecule has 0 spiro atoms. The summed E-state index contributed by atoms with van der Waals surface area (Å²) < 4.78 is 40.2. The number of nitrogens with one attached hydrogen (secondary N) is 2. The summed E-state index contributed by atoms with van der Waals surface area (Å²) in [5.74, 6) is -0.283. The van der Waals surface area contributed by atoms with Gasteiger partial charge in [-0.2, -0.15) is 0 Å². The number of aromatic amines is 1. The molecule has 50 heavy (non-hydrogen) atoms. The van der Waals surface area contributed by atoms with Gasteiger partial charge in [0.15, 0.2) is 0 Å². The van der Waals surface area contributed by atoms with Gasteiger partial charge in [0, 0.05) is 29.2 Å². The number of aromatic nitrogens is 4. The van der Waals surface area contributed by atoms with E-state index in [0.29, 0.717) is 59.0 Å². The number of fused-ring (bicyclic) bond motifs is 5. The van der Waals surface area contributed by atoms with Crippen molar-refractivity contribution in [3.05, 3.63) is 111 Å². The maximum Gasteiger partial charge on any atom is 0.434 e. The Morgan fingerprint density at radius 2 is 1.90 bits per heavy atom. The molecule has 10 nitrogen and oxygen atoms in total.